The minimum absolute atomic E-state index is 0.283. The summed E-state index contributed by atoms with van der Waals surface area (Å²) < 4.78 is 26.5. The van der Waals surface area contributed by atoms with Crippen molar-refractivity contribution in [2.45, 2.75) is 18.9 Å². The van der Waals surface area contributed by atoms with Gasteiger partial charge in [-0.1, -0.05) is 0 Å². The van der Waals surface area contributed by atoms with E-state index in [2.05, 4.69) is 25.1 Å². The first-order valence-corrected chi connectivity index (χ1v) is 6.62. The van der Waals surface area contributed by atoms with E-state index in [1.165, 1.54) is 0 Å². The molecule has 0 atom stereocenters. The lowest BCUT2D eigenvalue weighted by molar-refractivity contribution is 0.0692. The van der Waals surface area contributed by atoms with Crippen molar-refractivity contribution in [3.63, 3.8) is 0 Å². The molecule has 2 heterocycles. The third-order valence-electron chi connectivity index (χ3n) is 2.47. The Hall–Kier alpha value is -2.36. The molecule has 9 nitrogen and oxygen atoms in total. The molecule has 0 amide bonds. The molecule has 2 rings (SSSR count). The first-order valence-electron chi connectivity index (χ1n) is 5.14. The van der Waals surface area contributed by atoms with Gasteiger partial charge in [-0.05, 0) is 13.8 Å². The molecule has 0 spiro atoms. The highest BCUT2D eigenvalue weighted by molar-refractivity contribution is 7.92. The van der Waals surface area contributed by atoms with Crippen molar-refractivity contribution in [2.75, 3.05) is 4.72 Å². The van der Waals surface area contributed by atoms with Gasteiger partial charge in [-0.15, -0.1) is 0 Å². The number of aromatic nitrogens is 4. The number of sulfonamides is 1. The van der Waals surface area contributed by atoms with Gasteiger partial charge in [0.1, 0.15) is 5.56 Å². The van der Waals surface area contributed by atoms with Crippen LogP contribution < -0.4 is 4.72 Å². The van der Waals surface area contributed by atoms with Gasteiger partial charge in [0.2, 0.25) is 0 Å². The Kier molecular flexibility index (Phi) is 3.02. The van der Waals surface area contributed by atoms with Gasteiger partial charge in [-0.2, -0.15) is 18.6 Å². The molecule has 0 aliphatic rings. The van der Waals surface area contributed by atoms with Crippen LogP contribution in [0, 0.1) is 13.8 Å². The number of nitrogens with zero attached hydrogens (tertiary/aromatic N) is 2. The zero-order chi connectivity index (χ0) is 14.2. The fourth-order valence-corrected chi connectivity index (χ4v) is 2.79. The summed E-state index contributed by atoms with van der Waals surface area (Å²) >= 11 is 0. The topological polar surface area (TPSA) is 141 Å². The van der Waals surface area contributed by atoms with Crippen LogP contribution in [0.2, 0.25) is 0 Å². The van der Waals surface area contributed by atoms with E-state index in [4.69, 9.17) is 5.11 Å². The van der Waals surface area contributed by atoms with E-state index in [0.29, 0.717) is 11.4 Å². The van der Waals surface area contributed by atoms with E-state index in [9.17, 15) is 13.2 Å². The number of anilines is 1. The van der Waals surface area contributed by atoms with Crippen molar-refractivity contribution in [2.24, 2.45) is 0 Å². The first-order chi connectivity index (χ1) is 8.83. The average Bonchev–Trinajstić information content (AvgIpc) is 2.91. The van der Waals surface area contributed by atoms with Crippen LogP contribution in [0.5, 0.6) is 0 Å². The summed E-state index contributed by atoms with van der Waals surface area (Å²) in [5.74, 6) is -1.38. The maximum absolute atomic E-state index is 12.1. The van der Waals surface area contributed by atoms with Crippen LogP contribution in [0.4, 0.5) is 5.69 Å². The van der Waals surface area contributed by atoms with Crippen LogP contribution in [0.25, 0.3) is 0 Å². The predicted molar refractivity (Wildman–Crippen MR) is 64.4 cm³/mol. The van der Waals surface area contributed by atoms with Crippen LogP contribution in [0.15, 0.2) is 11.2 Å². The molecule has 10 heteroatoms. The second-order valence-electron chi connectivity index (χ2n) is 3.83. The maximum Gasteiger partial charge on any atom is 0.340 e. The van der Waals surface area contributed by atoms with Gasteiger partial charge in [-0.25, -0.2) is 4.79 Å². The molecule has 0 aliphatic carbocycles. The summed E-state index contributed by atoms with van der Waals surface area (Å²) in [7, 11) is -4.07. The summed E-state index contributed by atoms with van der Waals surface area (Å²) in [6.07, 6.45) is 0.936. The third kappa shape index (κ3) is 2.29. The second kappa shape index (κ2) is 4.39. The molecule has 0 radical (unpaired) electrons. The van der Waals surface area contributed by atoms with Gasteiger partial charge in [0.05, 0.1) is 23.3 Å². The number of aromatic carboxylic acids is 1. The Bertz CT molecular complexity index is 710. The highest BCUT2D eigenvalue weighted by Gasteiger charge is 2.26. The molecule has 4 N–H and O–H groups in total. The van der Waals surface area contributed by atoms with Crippen LogP contribution in [-0.2, 0) is 10.0 Å². The Morgan fingerprint density at radius 3 is 2.58 bits per heavy atom. The van der Waals surface area contributed by atoms with E-state index in [1.54, 1.807) is 13.8 Å². The van der Waals surface area contributed by atoms with E-state index >= 15 is 0 Å². The molecule has 102 valence electrons. The normalized spacial score (nSPS) is 11.5. The standard InChI is InChI=1S/C9H11N5O4S/c1-4-7(5(2)12-11-4)14-19(17,18)8-6(9(15)16)3-10-13-8/h3,14H,1-2H3,(H,10,13)(H,11,12)(H,15,16). The van der Waals surface area contributed by atoms with Gasteiger partial charge in [0, 0.05) is 0 Å². The Labute approximate surface area is 108 Å². The van der Waals surface area contributed by atoms with Crippen molar-refractivity contribution in [3.8, 4) is 0 Å². The number of carbonyl (C=O) groups is 1. The zero-order valence-corrected chi connectivity index (χ0v) is 10.9. The van der Waals surface area contributed by atoms with E-state index in [1.807, 2.05) is 0 Å². The maximum atomic E-state index is 12.1. The van der Waals surface area contributed by atoms with Gasteiger partial charge < -0.3 is 5.11 Å². The lowest BCUT2D eigenvalue weighted by Gasteiger charge is -2.06. The summed E-state index contributed by atoms with van der Waals surface area (Å²) in [5, 5.41) is 20.5. The molecule has 19 heavy (non-hydrogen) atoms. The molecule has 2 aromatic heterocycles. The first kappa shape index (κ1) is 13.1. The predicted octanol–water partition coefficient (Wildman–Crippen LogP) is 0.249. The van der Waals surface area contributed by atoms with Crippen LogP contribution >= 0.6 is 0 Å². The minimum atomic E-state index is -4.07. The smallest absolute Gasteiger partial charge is 0.340 e. The second-order valence-corrected chi connectivity index (χ2v) is 5.45. The van der Waals surface area contributed by atoms with Gasteiger partial charge >= 0.3 is 5.97 Å². The fourth-order valence-electron chi connectivity index (χ4n) is 1.52. The summed E-state index contributed by atoms with van der Waals surface area (Å²) in [4.78, 5) is 10.9. The van der Waals surface area contributed by atoms with E-state index in [-0.39, 0.29) is 5.69 Å². The van der Waals surface area contributed by atoms with Gasteiger partial charge in [0.25, 0.3) is 10.0 Å². The highest BCUT2D eigenvalue weighted by atomic mass is 32.2. The lowest BCUT2D eigenvalue weighted by Crippen LogP contribution is -2.17. The van der Waals surface area contributed by atoms with Crippen LogP contribution in [-0.4, -0.2) is 39.9 Å². The lowest BCUT2D eigenvalue weighted by atomic mass is 10.3. The van der Waals surface area contributed by atoms with Crippen LogP contribution in [0.1, 0.15) is 21.7 Å². The molecular formula is C9H11N5O4S. The van der Waals surface area contributed by atoms with Crippen molar-refractivity contribution in [3.05, 3.63) is 23.1 Å². The number of H-pyrrole nitrogens is 2. The molecule has 0 aliphatic heterocycles. The van der Waals surface area contributed by atoms with Gasteiger partial charge in [0.15, 0.2) is 5.03 Å². The molecule has 0 saturated heterocycles. The quantitative estimate of drug-likeness (QED) is 0.634. The fraction of sp³-hybridized carbons (Fsp3) is 0.222. The Morgan fingerprint density at radius 1 is 1.37 bits per heavy atom. The molecular weight excluding hydrogens is 274 g/mol. The molecule has 0 fully saturated rings. The molecule has 0 aromatic carbocycles. The van der Waals surface area contributed by atoms with Crippen LogP contribution in [0.3, 0.4) is 0 Å². The molecule has 0 unspecified atom stereocenters. The highest BCUT2D eigenvalue weighted by Crippen LogP contribution is 2.21. The molecule has 0 saturated carbocycles. The Balaban J connectivity index is 2.44. The summed E-state index contributed by atoms with van der Waals surface area (Å²) in [5.41, 5.74) is 0.840. The monoisotopic (exact) mass is 285 g/mol. The minimum Gasteiger partial charge on any atom is -0.478 e. The van der Waals surface area contributed by atoms with E-state index < -0.39 is 26.6 Å². The van der Waals surface area contributed by atoms with Crippen molar-refractivity contribution in [1.29, 1.82) is 0 Å². The van der Waals surface area contributed by atoms with Crippen molar-refractivity contribution >= 4 is 21.7 Å². The number of nitrogens with one attached hydrogen (secondary N) is 3. The average molecular weight is 285 g/mol. The summed E-state index contributed by atoms with van der Waals surface area (Å²) in [6, 6.07) is 0. The van der Waals surface area contributed by atoms with Crippen molar-refractivity contribution < 1.29 is 18.3 Å². The zero-order valence-electron chi connectivity index (χ0n) is 10.1. The number of hydrogen-bond donors (Lipinski definition) is 4. The number of aromatic amines is 2. The van der Waals surface area contributed by atoms with Gasteiger partial charge in [-0.3, -0.25) is 14.9 Å². The molecule has 0 bridgehead atoms. The Morgan fingerprint density at radius 2 is 2.05 bits per heavy atom. The number of hydrogen-bond acceptors (Lipinski definition) is 5. The third-order valence-corrected chi connectivity index (χ3v) is 3.79. The number of aryl methyl sites for hydroxylation is 2. The largest absolute Gasteiger partial charge is 0.478 e. The SMILES string of the molecule is Cc1n[nH]c(C)c1NS(=O)(=O)c1[nH]ncc1C(=O)O. The van der Waals surface area contributed by atoms with Crippen molar-refractivity contribution in [1.82, 2.24) is 20.4 Å². The number of carboxylic acids is 1. The molecule has 2 aromatic rings. The number of carboxylic acid groups (broad SMARTS) is 1. The summed E-state index contributed by atoms with van der Waals surface area (Å²) in [6.45, 7) is 3.26. The van der Waals surface area contributed by atoms with E-state index in [0.717, 1.165) is 6.20 Å². The number of rotatable bonds is 4.